The highest BCUT2D eigenvalue weighted by Gasteiger charge is 2.18. The van der Waals surface area contributed by atoms with Gasteiger partial charge in [-0.2, -0.15) is 5.10 Å². The van der Waals surface area contributed by atoms with Gasteiger partial charge in [-0.05, 0) is 19.8 Å². The van der Waals surface area contributed by atoms with E-state index in [0.29, 0.717) is 11.8 Å². The topological polar surface area (TPSA) is 46.9 Å². The molecule has 1 aliphatic carbocycles. The molecule has 0 aromatic carbocycles. The predicted molar refractivity (Wildman–Crippen MR) is 58.8 cm³/mol. The van der Waals surface area contributed by atoms with Crippen LogP contribution in [0.15, 0.2) is 12.4 Å². The first-order valence-corrected chi connectivity index (χ1v) is 5.58. The molecule has 1 saturated carbocycles. The van der Waals surface area contributed by atoms with Crippen molar-refractivity contribution in [3.8, 4) is 0 Å². The lowest BCUT2D eigenvalue weighted by atomic mass is 9.94. The van der Waals surface area contributed by atoms with E-state index in [4.69, 9.17) is 0 Å². The lowest BCUT2D eigenvalue weighted by molar-refractivity contribution is -0.120. The van der Waals surface area contributed by atoms with Crippen molar-refractivity contribution in [1.82, 2.24) is 9.78 Å². The van der Waals surface area contributed by atoms with Gasteiger partial charge in [0.25, 0.3) is 0 Å². The molecule has 1 aliphatic rings. The third-order valence-electron chi connectivity index (χ3n) is 2.87. The largest absolute Gasteiger partial charge is 0.380 e. The second-order valence-electron chi connectivity index (χ2n) is 4.04. The van der Waals surface area contributed by atoms with Crippen molar-refractivity contribution in [3.63, 3.8) is 0 Å². The minimum atomic E-state index is 0.400. The van der Waals surface area contributed by atoms with E-state index in [0.717, 1.165) is 37.9 Å². The van der Waals surface area contributed by atoms with Crippen molar-refractivity contribution in [2.75, 3.05) is 5.32 Å². The van der Waals surface area contributed by atoms with Crippen molar-refractivity contribution in [3.05, 3.63) is 12.4 Å². The summed E-state index contributed by atoms with van der Waals surface area (Å²) in [5, 5.41) is 7.62. The third-order valence-corrected chi connectivity index (χ3v) is 2.87. The molecular formula is C11H17N3O. The minimum absolute atomic E-state index is 0.400. The summed E-state index contributed by atoms with van der Waals surface area (Å²) in [4.78, 5) is 11.1. The van der Waals surface area contributed by atoms with Gasteiger partial charge in [-0.15, -0.1) is 0 Å². The number of aryl methyl sites for hydroxylation is 1. The molecule has 1 aromatic rings. The molecule has 0 atom stereocenters. The van der Waals surface area contributed by atoms with Crippen molar-refractivity contribution in [2.45, 2.75) is 45.2 Å². The van der Waals surface area contributed by atoms with Gasteiger partial charge in [-0.3, -0.25) is 9.48 Å². The zero-order chi connectivity index (χ0) is 10.7. The maximum Gasteiger partial charge on any atom is 0.133 e. The van der Waals surface area contributed by atoms with Crippen LogP contribution in [-0.2, 0) is 11.3 Å². The molecular weight excluding hydrogens is 190 g/mol. The van der Waals surface area contributed by atoms with Gasteiger partial charge in [-0.25, -0.2) is 0 Å². The van der Waals surface area contributed by atoms with Crippen LogP contribution >= 0.6 is 0 Å². The van der Waals surface area contributed by atoms with E-state index >= 15 is 0 Å². The summed E-state index contributed by atoms with van der Waals surface area (Å²) in [6.07, 6.45) is 7.21. The van der Waals surface area contributed by atoms with Crippen molar-refractivity contribution in [2.24, 2.45) is 0 Å². The Morgan fingerprint density at radius 2 is 2.27 bits per heavy atom. The van der Waals surface area contributed by atoms with Crippen molar-refractivity contribution >= 4 is 11.5 Å². The Morgan fingerprint density at radius 3 is 2.87 bits per heavy atom. The molecule has 0 amide bonds. The molecule has 0 aliphatic heterocycles. The monoisotopic (exact) mass is 207 g/mol. The van der Waals surface area contributed by atoms with E-state index in [1.807, 2.05) is 17.1 Å². The van der Waals surface area contributed by atoms with E-state index in [9.17, 15) is 4.79 Å². The second kappa shape index (κ2) is 4.47. The van der Waals surface area contributed by atoms with Gasteiger partial charge >= 0.3 is 0 Å². The quantitative estimate of drug-likeness (QED) is 0.822. The van der Waals surface area contributed by atoms with E-state index in [2.05, 4.69) is 17.3 Å². The lowest BCUT2D eigenvalue weighted by Gasteiger charge is -2.22. The highest BCUT2D eigenvalue weighted by atomic mass is 16.1. The van der Waals surface area contributed by atoms with Gasteiger partial charge < -0.3 is 5.32 Å². The van der Waals surface area contributed by atoms with Crippen LogP contribution in [0.5, 0.6) is 0 Å². The number of hydrogen-bond acceptors (Lipinski definition) is 3. The van der Waals surface area contributed by atoms with Gasteiger partial charge in [0, 0.05) is 31.6 Å². The van der Waals surface area contributed by atoms with Crippen LogP contribution in [0, 0.1) is 0 Å². The fourth-order valence-electron chi connectivity index (χ4n) is 1.93. The van der Waals surface area contributed by atoms with Gasteiger partial charge in [0.15, 0.2) is 0 Å². The summed E-state index contributed by atoms with van der Waals surface area (Å²) in [6, 6.07) is 0.442. The smallest absolute Gasteiger partial charge is 0.133 e. The molecule has 0 radical (unpaired) electrons. The number of Topliss-reactive ketones (excluding diaryl/α,β-unsaturated/α-hetero) is 1. The Hall–Kier alpha value is -1.32. The molecule has 1 N–H and O–H groups in total. The number of hydrogen-bond donors (Lipinski definition) is 1. The van der Waals surface area contributed by atoms with Crippen LogP contribution in [0.4, 0.5) is 5.69 Å². The molecule has 2 rings (SSSR count). The van der Waals surface area contributed by atoms with E-state index < -0.39 is 0 Å². The van der Waals surface area contributed by atoms with E-state index in [-0.39, 0.29) is 0 Å². The maximum atomic E-state index is 11.1. The molecule has 4 heteroatoms. The van der Waals surface area contributed by atoms with Crippen LogP contribution in [0.3, 0.4) is 0 Å². The van der Waals surface area contributed by atoms with Crippen LogP contribution in [0.2, 0.25) is 0 Å². The predicted octanol–water partition coefficient (Wildman–Crippen LogP) is 1.83. The van der Waals surface area contributed by atoms with Crippen molar-refractivity contribution < 1.29 is 4.79 Å². The van der Waals surface area contributed by atoms with Crippen molar-refractivity contribution in [1.29, 1.82) is 0 Å². The van der Waals surface area contributed by atoms with E-state index in [1.54, 1.807) is 0 Å². The first kappa shape index (κ1) is 10.2. The Morgan fingerprint density at radius 1 is 1.53 bits per heavy atom. The fraction of sp³-hybridized carbons (Fsp3) is 0.636. The number of anilines is 1. The Kier molecular flexibility index (Phi) is 3.04. The van der Waals surface area contributed by atoms with Gasteiger partial charge in [0.2, 0.25) is 0 Å². The molecule has 15 heavy (non-hydrogen) atoms. The number of ketones is 1. The zero-order valence-corrected chi connectivity index (χ0v) is 9.07. The second-order valence-corrected chi connectivity index (χ2v) is 4.04. The minimum Gasteiger partial charge on any atom is -0.380 e. The molecule has 0 spiro atoms. The normalized spacial score (nSPS) is 18.1. The highest BCUT2D eigenvalue weighted by molar-refractivity contribution is 5.79. The third kappa shape index (κ3) is 2.58. The van der Waals surface area contributed by atoms with Gasteiger partial charge in [-0.1, -0.05) is 0 Å². The van der Waals surface area contributed by atoms with Crippen LogP contribution in [0.1, 0.15) is 32.6 Å². The number of carbonyl (C=O) groups excluding carboxylic acids is 1. The zero-order valence-electron chi connectivity index (χ0n) is 9.07. The molecule has 0 saturated heterocycles. The summed E-state index contributed by atoms with van der Waals surface area (Å²) in [6.45, 7) is 2.96. The number of carbonyl (C=O) groups is 1. The average Bonchev–Trinajstić information content (AvgIpc) is 2.69. The van der Waals surface area contributed by atoms with Crippen LogP contribution in [-0.4, -0.2) is 21.6 Å². The Balaban J connectivity index is 1.88. The molecule has 4 nitrogen and oxygen atoms in total. The molecule has 1 aromatic heterocycles. The number of aromatic nitrogens is 2. The van der Waals surface area contributed by atoms with Crippen LogP contribution < -0.4 is 5.32 Å². The number of nitrogens with zero attached hydrogens (tertiary/aromatic N) is 2. The first-order chi connectivity index (χ1) is 7.28. The summed E-state index contributed by atoms with van der Waals surface area (Å²) < 4.78 is 1.90. The maximum absolute atomic E-state index is 11.1. The van der Waals surface area contributed by atoms with E-state index in [1.165, 1.54) is 0 Å². The molecule has 1 heterocycles. The summed E-state index contributed by atoms with van der Waals surface area (Å²) in [5.41, 5.74) is 1.07. The molecule has 82 valence electrons. The summed E-state index contributed by atoms with van der Waals surface area (Å²) >= 11 is 0. The summed E-state index contributed by atoms with van der Waals surface area (Å²) in [5.74, 6) is 0.400. The lowest BCUT2D eigenvalue weighted by Crippen LogP contribution is -2.25. The standard InChI is InChI=1S/C11H17N3O/c1-2-14-8-10(7-12-14)13-9-3-5-11(15)6-4-9/h7-9,13H,2-6H2,1H3. The van der Waals surface area contributed by atoms with Crippen LogP contribution in [0.25, 0.3) is 0 Å². The highest BCUT2D eigenvalue weighted by Crippen LogP contribution is 2.19. The van der Waals surface area contributed by atoms with Gasteiger partial charge in [0.05, 0.1) is 11.9 Å². The Bertz CT molecular complexity index is 335. The van der Waals surface area contributed by atoms with Gasteiger partial charge in [0.1, 0.15) is 5.78 Å². The average molecular weight is 207 g/mol. The summed E-state index contributed by atoms with van der Waals surface area (Å²) in [7, 11) is 0. The molecule has 1 fully saturated rings. The number of nitrogens with one attached hydrogen (secondary N) is 1. The molecule has 0 bridgehead atoms. The Labute approximate surface area is 89.7 Å². The first-order valence-electron chi connectivity index (χ1n) is 5.58. The fourth-order valence-corrected chi connectivity index (χ4v) is 1.93. The SMILES string of the molecule is CCn1cc(NC2CCC(=O)CC2)cn1. The number of rotatable bonds is 3. The molecule has 0 unspecified atom stereocenters.